The van der Waals surface area contributed by atoms with Crippen LogP contribution in [-0.2, 0) is 30.5 Å². The summed E-state index contributed by atoms with van der Waals surface area (Å²) in [5.74, 6) is 0. The molecule has 3 saturated carbocycles. The van der Waals surface area contributed by atoms with Gasteiger partial charge in [-0.05, 0) is 0 Å². The van der Waals surface area contributed by atoms with Crippen molar-refractivity contribution in [1.29, 1.82) is 0 Å². The fraction of sp³-hybridized carbons (Fsp3) is 1.00. The molecule has 3 aliphatic carbocycles. The Hall–Kier alpha value is 1.03. The van der Waals surface area contributed by atoms with Crippen molar-refractivity contribution in [2.45, 2.75) is 115 Å². The average Bonchev–Trinajstić information content (AvgIpc) is 2.64. The average molecular weight is 441 g/mol. The molecule has 0 aromatic heterocycles. The van der Waals surface area contributed by atoms with E-state index < -0.39 is 18.1 Å². The Bertz CT molecular complexity index is 303. The first-order chi connectivity index (χ1) is 11.8. The maximum atomic E-state index is 6.51. The summed E-state index contributed by atoms with van der Waals surface area (Å²) < 4.78 is 25.3. The number of halogens is 1. The minimum absolute atomic E-state index is 0.253. The van der Waals surface area contributed by atoms with Crippen LogP contribution in [0.1, 0.15) is 96.3 Å². The van der Waals surface area contributed by atoms with Gasteiger partial charge in [-0.15, -0.1) is 0 Å². The summed E-state index contributed by atoms with van der Waals surface area (Å²) in [7, 11) is 0. The summed E-state index contributed by atoms with van der Waals surface area (Å²) in [5, 5.41) is 0. The molecule has 0 atom stereocenters. The molecule has 3 rings (SSSR count). The van der Waals surface area contributed by atoms with E-state index in [9.17, 15) is 0 Å². The first-order valence-corrected chi connectivity index (χ1v) is 13.3. The Morgan fingerprint density at radius 1 is 0.500 bits per heavy atom. The zero-order valence-corrected chi connectivity index (χ0v) is 18.0. The molecule has 0 aromatic rings. The summed E-state index contributed by atoms with van der Waals surface area (Å²) >= 11 is -0.464. The van der Waals surface area contributed by atoms with Gasteiger partial charge in [-0.25, -0.2) is 0 Å². The summed E-state index contributed by atoms with van der Waals surface area (Å²) in [6, 6.07) is 0. The quantitative estimate of drug-likeness (QED) is 0.443. The standard InChI is InChI=1S/3C6H11O.BrO.Ti/c3*7-6-4-2-1-3-5-6;1-2;/h3*6H,1-5H2;;/q4*-1;+4. The van der Waals surface area contributed by atoms with E-state index in [2.05, 4.69) is 16.3 Å². The topological polar surface area (TPSA) is 36.9 Å². The normalized spacial score (nSPS) is 25.9. The van der Waals surface area contributed by atoms with Crippen LogP contribution in [-0.4, -0.2) is 18.3 Å². The Balaban J connectivity index is 1.65. The third kappa shape index (κ3) is 6.04. The second kappa shape index (κ2) is 10.4. The second-order valence-corrected chi connectivity index (χ2v) is 12.0. The van der Waals surface area contributed by atoms with Gasteiger partial charge in [0.1, 0.15) is 0 Å². The van der Waals surface area contributed by atoms with E-state index in [1.807, 2.05) is 0 Å². The van der Waals surface area contributed by atoms with Crippen LogP contribution < -0.4 is 0 Å². The molecule has 0 bridgehead atoms. The van der Waals surface area contributed by atoms with Crippen molar-refractivity contribution in [1.82, 2.24) is 0 Å². The summed E-state index contributed by atoms with van der Waals surface area (Å²) in [5.41, 5.74) is 0. The van der Waals surface area contributed by atoms with Crippen molar-refractivity contribution in [2.24, 2.45) is 0 Å². The van der Waals surface area contributed by atoms with Crippen LogP contribution in [0.25, 0.3) is 0 Å². The molecule has 0 saturated heterocycles. The number of hydrogen-bond acceptors (Lipinski definition) is 4. The molecule has 24 heavy (non-hydrogen) atoms. The van der Waals surface area contributed by atoms with Gasteiger partial charge in [0.25, 0.3) is 0 Å². The maximum absolute atomic E-state index is 6.51. The molecule has 0 aromatic carbocycles. The van der Waals surface area contributed by atoms with E-state index in [1.165, 1.54) is 57.8 Å². The predicted molar refractivity (Wildman–Crippen MR) is 93.9 cm³/mol. The molecule has 4 nitrogen and oxygen atoms in total. The minimum atomic E-state index is -3.73. The van der Waals surface area contributed by atoms with Gasteiger partial charge >= 0.3 is 161 Å². The van der Waals surface area contributed by atoms with Crippen molar-refractivity contribution >= 4 is 16.3 Å². The van der Waals surface area contributed by atoms with Gasteiger partial charge in [0, 0.05) is 0 Å². The fourth-order valence-electron chi connectivity index (χ4n) is 4.30. The zero-order chi connectivity index (χ0) is 16.7. The Morgan fingerprint density at radius 2 is 0.792 bits per heavy atom. The van der Waals surface area contributed by atoms with Crippen LogP contribution in [0.4, 0.5) is 0 Å². The van der Waals surface area contributed by atoms with E-state index in [0.29, 0.717) is 0 Å². The molecular formula is C18H33BrO4Ti. The van der Waals surface area contributed by atoms with E-state index in [1.54, 1.807) is 0 Å². The van der Waals surface area contributed by atoms with Crippen LogP contribution in [0.2, 0.25) is 0 Å². The van der Waals surface area contributed by atoms with Gasteiger partial charge in [-0.1, -0.05) is 0 Å². The molecule has 3 aliphatic rings. The van der Waals surface area contributed by atoms with Crippen molar-refractivity contribution in [2.75, 3.05) is 0 Å². The van der Waals surface area contributed by atoms with Crippen LogP contribution in [0.3, 0.4) is 0 Å². The molecule has 6 heteroatoms. The van der Waals surface area contributed by atoms with Gasteiger partial charge in [0.2, 0.25) is 0 Å². The second-order valence-electron chi connectivity index (χ2n) is 7.71. The Kier molecular flexibility index (Phi) is 8.57. The third-order valence-corrected chi connectivity index (χ3v) is 10.5. The summed E-state index contributed by atoms with van der Waals surface area (Å²) in [6.07, 6.45) is 18.9. The molecule has 0 aliphatic heterocycles. The summed E-state index contributed by atoms with van der Waals surface area (Å²) in [6.45, 7) is 0. The molecule has 0 N–H and O–H groups in total. The molecule has 0 heterocycles. The van der Waals surface area contributed by atoms with Gasteiger partial charge < -0.3 is 0 Å². The monoisotopic (exact) mass is 440 g/mol. The molecule has 140 valence electrons. The molecule has 0 spiro atoms. The molecule has 0 amide bonds. The van der Waals surface area contributed by atoms with Crippen molar-refractivity contribution in [3.05, 3.63) is 0 Å². The van der Waals surface area contributed by atoms with E-state index in [4.69, 9.17) is 12.4 Å². The van der Waals surface area contributed by atoms with E-state index in [-0.39, 0.29) is 18.3 Å². The van der Waals surface area contributed by atoms with Crippen molar-refractivity contribution in [3.8, 4) is 0 Å². The van der Waals surface area contributed by atoms with Crippen LogP contribution in [0.15, 0.2) is 0 Å². The molecule has 3 fully saturated rings. The fourth-order valence-corrected chi connectivity index (χ4v) is 8.69. The summed E-state index contributed by atoms with van der Waals surface area (Å²) in [4.78, 5) is 0. The third-order valence-electron chi connectivity index (χ3n) is 5.68. The van der Waals surface area contributed by atoms with Crippen LogP contribution in [0, 0.1) is 0 Å². The molecular weight excluding hydrogens is 408 g/mol. The van der Waals surface area contributed by atoms with Gasteiger partial charge in [-0.2, -0.15) is 0 Å². The number of hydrogen-bond donors (Lipinski definition) is 0. The Labute approximate surface area is 161 Å². The van der Waals surface area contributed by atoms with Gasteiger partial charge in [-0.3, -0.25) is 0 Å². The van der Waals surface area contributed by atoms with Crippen molar-refractivity contribution < 1.29 is 30.5 Å². The van der Waals surface area contributed by atoms with E-state index in [0.717, 1.165) is 38.5 Å². The van der Waals surface area contributed by atoms with Gasteiger partial charge in [0.15, 0.2) is 0 Å². The van der Waals surface area contributed by atoms with E-state index >= 15 is 0 Å². The van der Waals surface area contributed by atoms with Crippen molar-refractivity contribution in [3.63, 3.8) is 0 Å². The van der Waals surface area contributed by atoms with Gasteiger partial charge in [0.05, 0.1) is 0 Å². The molecule has 0 unspecified atom stereocenters. The van der Waals surface area contributed by atoms with Crippen LogP contribution in [0.5, 0.6) is 0 Å². The molecule has 0 radical (unpaired) electrons. The van der Waals surface area contributed by atoms with Crippen LogP contribution >= 0.6 is 16.3 Å². The predicted octanol–water partition coefficient (Wildman–Crippen LogP) is 6.17. The SMILES string of the molecule is Br[O][Ti]([O]C1CCCCC1)([O]C1CCCCC1)[O]C1CCCCC1. The Morgan fingerprint density at radius 3 is 1.04 bits per heavy atom. The zero-order valence-electron chi connectivity index (χ0n) is 14.8. The first-order valence-electron chi connectivity index (χ1n) is 10.1. The first kappa shape index (κ1) is 19.8. The number of rotatable bonds is 7.